The Bertz CT molecular complexity index is 1050. The molecule has 0 saturated carbocycles. The number of carbonyl (C=O) groups is 1. The first-order chi connectivity index (χ1) is 14.0. The van der Waals surface area contributed by atoms with E-state index < -0.39 is 5.25 Å². The molecule has 8 heteroatoms. The van der Waals surface area contributed by atoms with E-state index in [1.165, 1.54) is 23.9 Å². The number of aryl methyl sites for hydroxylation is 3. The Kier molecular flexibility index (Phi) is 5.27. The standard InChI is InChI=1S/C21H22FN5OS/c1-4-17-24-25-21-27(17)26-18(14-7-9-15(22)10-8-14)19(29-21)20(28)23-16-11-12(2)5-6-13(16)3/h5-11,18-19,26H,4H2,1-3H3,(H,23,28). The molecule has 2 N–H and O–H groups in total. The maximum atomic E-state index is 13.5. The fourth-order valence-electron chi connectivity index (χ4n) is 3.32. The molecule has 1 aromatic heterocycles. The molecule has 1 aliphatic heterocycles. The Labute approximate surface area is 172 Å². The van der Waals surface area contributed by atoms with Crippen LogP contribution in [0.5, 0.6) is 0 Å². The smallest absolute Gasteiger partial charge is 0.240 e. The Morgan fingerprint density at radius 2 is 1.97 bits per heavy atom. The molecule has 2 atom stereocenters. The summed E-state index contributed by atoms with van der Waals surface area (Å²) in [5, 5.41) is 11.6. The third-order valence-electron chi connectivity index (χ3n) is 4.96. The Morgan fingerprint density at radius 1 is 1.21 bits per heavy atom. The van der Waals surface area contributed by atoms with Gasteiger partial charge in [0.15, 0.2) is 5.82 Å². The van der Waals surface area contributed by atoms with Gasteiger partial charge in [-0.25, -0.2) is 9.07 Å². The van der Waals surface area contributed by atoms with Gasteiger partial charge in [0.25, 0.3) is 0 Å². The number of rotatable bonds is 4. The maximum absolute atomic E-state index is 13.5. The molecule has 2 heterocycles. The van der Waals surface area contributed by atoms with Gasteiger partial charge in [-0.3, -0.25) is 4.79 Å². The molecule has 0 spiro atoms. The van der Waals surface area contributed by atoms with E-state index in [1.807, 2.05) is 43.6 Å². The van der Waals surface area contributed by atoms with Gasteiger partial charge in [-0.2, -0.15) is 0 Å². The minimum Gasteiger partial charge on any atom is -0.325 e. The van der Waals surface area contributed by atoms with E-state index in [0.717, 1.165) is 28.2 Å². The fraction of sp³-hybridized carbons (Fsp3) is 0.286. The first-order valence-electron chi connectivity index (χ1n) is 9.47. The quantitative estimate of drug-likeness (QED) is 0.679. The van der Waals surface area contributed by atoms with Crippen molar-refractivity contribution in [3.8, 4) is 0 Å². The van der Waals surface area contributed by atoms with E-state index in [2.05, 4.69) is 20.9 Å². The number of anilines is 1. The zero-order valence-corrected chi connectivity index (χ0v) is 17.3. The molecule has 1 amide bonds. The molecule has 0 radical (unpaired) electrons. The highest BCUT2D eigenvalue weighted by Gasteiger charge is 2.37. The van der Waals surface area contributed by atoms with Crippen molar-refractivity contribution in [2.24, 2.45) is 0 Å². The van der Waals surface area contributed by atoms with Crippen molar-refractivity contribution < 1.29 is 9.18 Å². The van der Waals surface area contributed by atoms with Gasteiger partial charge in [-0.15, -0.1) is 10.2 Å². The van der Waals surface area contributed by atoms with Gasteiger partial charge in [-0.05, 0) is 48.7 Å². The number of benzene rings is 2. The van der Waals surface area contributed by atoms with Crippen LogP contribution in [0.3, 0.4) is 0 Å². The van der Waals surface area contributed by atoms with Gasteiger partial charge in [0.2, 0.25) is 11.1 Å². The fourth-order valence-corrected chi connectivity index (χ4v) is 4.42. The Hall–Kier alpha value is -2.87. The molecule has 6 nitrogen and oxygen atoms in total. The minimum atomic E-state index is -0.498. The predicted octanol–water partition coefficient (Wildman–Crippen LogP) is 3.99. The number of fused-ring (bicyclic) bond motifs is 1. The number of hydrogen-bond acceptors (Lipinski definition) is 5. The van der Waals surface area contributed by atoms with Gasteiger partial charge in [0, 0.05) is 12.1 Å². The second-order valence-corrected chi connectivity index (χ2v) is 8.20. The van der Waals surface area contributed by atoms with Gasteiger partial charge in [0.05, 0.1) is 6.04 Å². The summed E-state index contributed by atoms with van der Waals surface area (Å²) >= 11 is 1.36. The molecule has 0 fully saturated rings. The van der Waals surface area contributed by atoms with Gasteiger partial charge < -0.3 is 10.7 Å². The van der Waals surface area contributed by atoms with Crippen LogP contribution in [0, 0.1) is 19.7 Å². The van der Waals surface area contributed by atoms with Crippen molar-refractivity contribution in [3.63, 3.8) is 0 Å². The molecule has 1 aliphatic rings. The highest BCUT2D eigenvalue weighted by Crippen LogP contribution is 2.37. The van der Waals surface area contributed by atoms with Crippen LogP contribution in [0.1, 0.15) is 35.5 Å². The van der Waals surface area contributed by atoms with Crippen molar-refractivity contribution in [1.29, 1.82) is 0 Å². The number of nitrogens with one attached hydrogen (secondary N) is 2. The average molecular weight is 412 g/mol. The second kappa shape index (κ2) is 7.87. The number of amides is 1. The van der Waals surface area contributed by atoms with Gasteiger partial charge in [0.1, 0.15) is 11.1 Å². The van der Waals surface area contributed by atoms with Crippen LogP contribution >= 0.6 is 11.8 Å². The van der Waals surface area contributed by atoms with Crippen LogP contribution in [0.2, 0.25) is 0 Å². The summed E-state index contributed by atoms with van der Waals surface area (Å²) < 4.78 is 15.3. The number of halogens is 1. The maximum Gasteiger partial charge on any atom is 0.240 e. The molecular weight excluding hydrogens is 389 g/mol. The summed E-state index contributed by atoms with van der Waals surface area (Å²) in [6.45, 7) is 5.95. The highest BCUT2D eigenvalue weighted by molar-refractivity contribution is 8.00. The molecular formula is C21H22FN5OS. The Morgan fingerprint density at radius 3 is 2.69 bits per heavy atom. The van der Waals surface area contributed by atoms with E-state index >= 15 is 0 Å². The van der Waals surface area contributed by atoms with Crippen LogP contribution in [0.25, 0.3) is 0 Å². The third kappa shape index (κ3) is 3.85. The summed E-state index contributed by atoms with van der Waals surface area (Å²) in [6.07, 6.45) is 0.704. The number of carbonyl (C=O) groups excluding carboxylic acids is 1. The lowest BCUT2D eigenvalue weighted by Crippen LogP contribution is -2.41. The predicted molar refractivity (Wildman–Crippen MR) is 112 cm³/mol. The molecule has 2 unspecified atom stereocenters. The molecule has 0 saturated heterocycles. The summed E-state index contributed by atoms with van der Waals surface area (Å²) in [6, 6.07) is 11.8. The zero-order valence-electron chi connectivity index (χ0n) is 16.4. The SMILES string of the molecule is CCc1nnc2n1NC(c1ccc(F)cc1)C(C(=O)Nc1cc(C)ccc1C)S2. The van der Waals surface area contributed by atoms with E-state index in [0.29, 0.717) is 11.6 Å². The summed E-state index contributed by atoms with van der Waals surface area (Å²) in [5.74, 6) is 0.332. The van der Waals surface area contributed by atoms with Crippen molar-refractivity contribution >= 4 is 23.4 Å². The lowest BCUT2D eigenvalue weighted by Gasteiger charge is -2.33. The van der Waals surface area contributed by atoms with E-state index in [-0.39, 0.29) is 17.8 Å². The van der Waals surface area contributed by atoms with E-state index in [1.54, 1.807) is 12.1 Å². The monoisotopic (exact) mass is 411 g/mol. The summed E-state index contributed by atoms with van der Waals surface area (Å²) in [4.78, 5) is 13.3. The van der Waals surface area contributed by atoms with Crippen LogP contribution in [-0.4, -0.2) is 26.0 Å². The molecule has 150 valence electrons. The molecule has 4 rings (SSSR count). The summed E-state index contributed by atoms with van der Waals surface area (Å²) in [7, 11) is 0. The first kappa shape index (κ1) is 19.4. The van der Waals surface area contributed by atoms with Crippen molar-refractivity contribution in [2.45, 2.75) is 43.6 Å². The van der Waals surface area contributed by atoms with Crippen molar-refractivity contribution in [1.82, 2.24) is 14.9 Å². The number of nitrogens with zero attached hydrogens (tertiary/aromatic N) is 3. The second-order valence-electron chi connectivity index (χ2n) is 7.09. The lowest BCUT2D eigenvalue weighted by molar-refractivity contribution is -0.116. The number of aromatic nitrogens is 3. The zero-order chi connectivity index (χ0) is 20.5. The first-order valence-corrected chi connectivity index (χ1v) is 10.4. The highest BCUT2D eigenvalue weighted by atomic mass is 32.2. The lowest BCUT2D eigenvalue weighted by atomic mass is 10.0. The van der Waals surface area contributed by atoms with Crippen molar-refractivity contribution in [2.75, 3.05) is 10.7 Å². The number of hydrogen-bond donors (Lipinski definition) is 2. The normalized spacial score (nSPS) is 18.1. The number of thioether (sulfide) groups is 1. The van der Waals surface area contributed by atoms with Crippen LogP contribution in [0.15, 0.2) is 47.6 Å². The van der Waals surface area contributed by atoms with Crippen LogP contribution in [0.4, 0.5) is 10.1 Å². The Balaban J connectivity index is 1.68. The average Bonchev–Trinajstić information content (AvgIpc) is 3.12. The molecule has 0 bridgehead atoms. The van der Waals surface area contributed by atoms with Crippen molar-refractivity contribution in [3.05, 3.63) is 70.8 Å². The van der Waals surface area contributed by atoms with Crippen LogP contribution in [-0.2, 0) is 11.2 Å². The van der Waals surface area contributed by atoms with Gasteiger partial charge >= 0.3 is 0 Å². The van der Waals surface area contributed by atoms with Gasteiger partial charge in [-0.1, -0.05) is 43.0 Å². The largest absolute Gasteiger partial charge is 0.325 e. The molecule has 3 aromatic rings. The van der Waals surface area contributed by atoms with E-state index in [4.69, 9.17) is 0 Å². The minimum absolute atomic E-state index is 0.141. The third-order valence-corrected chi connectivity index (χ3v) is 6.17. The molecule has 2 aromatic carbocycles. The molecule has 29 heavy (non-hydrogen) atoms. The van der Waals surface area contributed by atoms with E-state index in [9.17, 15) is 9.18 Å². The summed E-state index contributed by atoms with van der Waals surface area (Å²) in [5.41, 5.74) is 7.04. The molecule has 0 aliphatic carbocycles. The topological polar surface area (TPSA) is 71.8 Å². The van der Waals surface area contributed by atoms with Crippen LogP contribution < -0.4 is 10.7 Å².